The van der Waals surface area contributed by atoms with Crippen molar-refractivity contribution in [3.8, 4) is 11.8 Å². The van der Waals surface area contributed by atoms with Crippen molar-refractivity contribution in [3.63, 3.8) is 0 Å². The topological polar surface area (TPSA) is 12.0 Å². The van der Waals surface area contributed by atoms with E-state index in [0.717, 1.165) is 18.0 Å². The summed E-state index contributed by atoms with van der Waals surface area (Å²) in [5.74, 6) is 7.33. The lowest BCUT2D eigenvalue weighted by molar-refractivity contribution is 0.466. The Morgan fingerprint density at radius 2 is 1.94 bits per heavy atom. The molecule has 1 heteroatoms. The molecule has 2 atom stereocenters. The quantitative estimate of drug-likeness (QED) is 0.616. The molecule has 1 N–H and O–H groups in total. The fraction of sp³-hybridized carbons (Fsp3) is 0.529. The molecule has 1 aromatic rings. The highest BCUT2D eigenvalue weighted by Gasteiger charge is 2.14. The number of nitrogens with one attached hydrogen (secondary N) is 1. The molecule has 18 heavy (non-hydrogen) atoms. The Morgan fingerprint density at radius 1 is 1.11 bits per heavy atom. The summed E-state index contributed by atoms with van der Waals surface area (Å²) in [5.41, 5.74) is 1.11. The molecule has 1 aromatic carbocycles. The third-order valence-electron chi connectivity index (χ3n) is 3.74. The first-order chi connectivity index (χ1) is 8.84. The lowest BCUT2D eigenvalue weighted by Gasteiger charge is -2.13. The maximum atomic E-state index is 3.58. The fourth-order valence-electron chi connectivity index (χ4n) is 2.55. The summed E-state index contributed by atoms with van der Waals surface area (Å²) in [6.45, 7) is 3.19. The highest BCUT2D eigenvalue weighted by molar-refractivity contribution is 5.33. The Balaban J connectivity index is 1.74. The Kier molecular flexibility index (Phi) is 5.30. The van der Waals surface area contributed by atoms with E-state index in [1.165, 1.54) is 32.1 Å². The minimum Gasteiger partial charge on any atom is -0.303 e. The molecule has 1 nitrogen and oxygen atoms in total. The minimum absolute atomic E-state index is 0.681. The Bertz CT molecular complexity index is 399. The van der Waals surface area contributed by atoms with Gasteiger partial charge in [-0.15, -0.1) is 0 Å². The van der Waals surface area contributed by atoms with E-state index < -0.39 is 0 Å². The largest absolute Gasteiger partial charge is 0.303 e. The van der Waals surface area contributed by atoms with Crippen LogP contribution in [0.3, 0.4) is 0 Å². The molecule has 0 aliphatic heterocycles. The van der Waals surface area contributed by atoms with E-state index in [1.807, 2.05) is 18.2 Å². The summed E-state index contributed by atoms with van der Waals surface area (Å²) in [4.78, 5) is 0. The van der Waals surface area contributed by atoms with Gasteiger partial charge in [-0.3, -0.25) is 0 Å². The zero-order valence-electron chi connectivity index (χ0n) is 11.3. The molecule has 96 valence electrons. The molecule has 0 amide bonds. The van der Waals surface area contributed by atoms with Crippen molar-refractivity contribution in [2.45, 2.75) is 45.1 Å². The number of hydrogen-bond acceptors (Lipinski definition) is 1. The van der Waals surface area contributed by atoms with E-state index in [2.05, 4.69) is 36.2 Å². The lowest BCUT2D eigenvalue weighted by atomic mass is 10.0. The van der Waals surface area contributed by atoms with Crippen molar-refractivity contribution in [2.75, 3.05) is 6.54 Å². The van der Waals surface area contributed by atoms with Crippen LogP contribution in [0.15, 0.2) is 30.3 Å². The van der Waals surface area contributed by atoms with Crippen molar-refractivity contribution in [2.24, 2.45) is 5.92 Å². The molecule has 0 saturated heterocycles. The van der Waals surface area contributed by atoms with Crippen LogP contribution in [-0.2, 0) is 0 Å². The molecule has 0 aromatic heterocycles. The summed E-state index contributed by atoms with van der Waals surface area (Å²) >= 11 is 0. The maximum Gasteiger partial charge on any atom is 0.0582 e. The van der Waals surface area contributed by atoms with Gasteiger partial charge >= 0.3 is 0 Å². The van der Waals surface area contributed by atoms with Gasteiger partial charge in [-0.05, 0) is 37.3 Å². The molecule has 1 saturated carbocycles. The summed E-state index contributed by atoms with van der Waals surface area (Å²) in [7, 11) is 0. The molecule has 0 heterocycles. The van der Waals surface area contributed by atoms with Gasteiger partial charge in [0, 0.05) is 11.6 Å². The van der Waals surface area contributed by atoms with E-state index in [-0.39, 0.29) is 0 Å². The van der Waals surface area contributed by atoms with Crippen LogP contribution in [0.5, 0.6) is 0 Å². The van der Waals surface area contributed by atoms with Crippen molar-refractivity contribution in [1.82, 2.24) is 5.32 Å². The molecule has 1 aliphatic carbocycles. The van der Waals surface area contributed by atoms with Crippen LogP contribution in [0.25, 0.3) is 0 Å². The summed E-state index contributed by atoms with van der Waals surface area (Å²) in [6.07, 6.45) is 6.76. The van der Waals surface area contributed by atoms with Gasteiger partial charge in [0.25, 0.3) is 0 Å². The molecule has 2 unspecified atom stereocenters. The van der Waals surface area contributed by atoms with Crippen LogP contribution in [0.4, 0.5) is 0 Å². The fourth-order valence-corrected chi connectivity index (χ4v) is 2.55. The van der Waals surface area contributed by atoms with Crippen LogP contribution in [0, 0.1) is 17.8 Å². The van der Waals surface area contributed by atoms with Gasteiger partial charge < -0.3 is 5.32 Å². The van der Waals surface area contributed by atoms with Gasteiger partial charge in [0.1, 0.15) is 0 Å². The van der Waals surface area contributed by atoms with E-state index in [4.69, 9.17) is 0 Å². The smallest absolute Gasteiger partial charge is 0.0582 e. The standard InChI is InChI=1S/C17H23N/c1-15-7-5-11-17(13-12-15)18-14-6-10-16-8-3-2-4-9-16/h2-4,8-9,15,17-18H,5,7,11-14H2,1H3. The second-order valence-corrected chi connectivity index (χ2v) is 5.36. The minimum atomic E-state index is 0.681. The monoisotopic (exact) mass is 241 g/mol. The van der Waals surface area contributed by atoms with E-state index in [1.54, 1.807) is 0 Å². The predicted octanol–water partition coefficient (Wildman–Crippen LogP) is 3.60. The molecular formula is C17H23N. The average molecular weight is 241 g/mol. The van der Waals surface area contributed by atoms with E-state index in [9.17, 15) is 0 Å². The lowest BCUT2D eigenvalue weighted by Crippen LogP contribution is -2.28. The average Bonchev–Trinajstić information content (AvgIpc) is 2.61. The summed E-state index contributed by atoms with van der Waals surface area (Å²) < 4.78 is 0. The van der Waals surface area contributed by atoms with Gasteiger partial charge in [0.05, 0.1) is 6.54 Å². The Labute approximate surface area is 111 Å². The van der Waals surface area contributed by atoms with Crippen LogP contribution < -0.4 is 5.32 Å². The number of hydrogen-bond donors (Lipinski definition) is 1. The molecule has 2 rings (SSSR count). The summed E-state index contributed by atoms with van der Waals surface area (Å²) in [6, 6.07) is 10.9. The van der Waals surface area contributed by atoms with Crippen molar-refractivity contribution < 1.29 is 0 Å². The van der Waals surface area contributed by atoms with E-state index in [0.29, 0.717) is 6.04 Å². The third kappa shape index (κ3) is 4.55. The predicted molar refractivity (Wildman–Crippen MR) is 77.4 cm³/mol. The van der Waals surface area contributed by atoms with Gasteiger partial charge in [-0.1, -0.05) is 49.8 Å². The maximum absolute atomic E-state index is 3.58. The van der Waals surface area contributed by atoms with Crippen molar-refractivity contribution in [3.05, 3.63) is 35.9 Å². The Morgan fingerprint density at radius 3 is 2.78 bits per heavy atom. The number of benzene rings is 1. The second-order valence-electron chi connectivity index (χ2n) is 5.36. The van der Waals surface area contributed by atoms with Crippen LogP contribution in [0.2, 0.25) is 0 Å². The van der Waals surface area contributed by atoms with Gasteiger partial charge in [0.15, 0.2) is 0 Å². The van der Waals surface area contributed by atoms with Crippen LogP contribution in [-0.4, -0.2) is 12.6 Å². The third-order valence-corrected chi connectivity index (χ3v) is 3.74. The summed E-state index contributed by atoms with van der Waals surface area (Å²) in [5, 5.41) is 3.58. The molecule has 0 radical (unpaired) electrons. The van der Waals surface area contributed by atoms with Gasteiger partial charge in [-0.2, -0.15) is 0 Å². The molecule has 1 aliphatic rings. The van der Waals surface area contributed by atoms with Gasteiger partial charge in [-0.25, -0.2) is 0 Å². The second kappa shape index (κ2) is 7.24. The molecular weight excluding hydrogens is 218 g/mol. The molecule has 0 spiro atoms. The zero-order valence-corrected chi connectivity index (χ0v) is 11.3. The highest BCUT2D eigenvalue weighted by atomic mass is 14.9. The normalized spacial score (nSPS) is 23.8. The first-order valence-corrected chi connectivity index (χ1v) is 7.12. The number of rotatable bonds is 2. The molecule has 1 fully saturated rings. The highest BCUT2D eigenvalue weighted by Crippen LogP contribution is 2.22. The first kappa shape index (κ1) is 13.2. The van der Waals surface area contributed by atoms with Crippen molar-refractivity contribution in [1.29, 1.82) is 0 Å². The molecule has 0 bridgehead atoms. The van der Waals surface area contributed by atoms with Crippen LogP contribution in [0.1, 0.15) is 44.6 Å². The van der Waals surface area contributed by atoms with Crippen LogP contribution >= 0.6 is 0 Å². The SMILES string of the molecule is CC1CCCC(NCC#Cc2ccccc2)CC1. The van der Waals surface area contributed by atoms with E-state index >= 15 is 0 Å². The zero-order chi connectivity index (χ0) is 12.6. The first-order valence-electron chi connectivity index (χ1n) is 7.12. The van der Waals surface area contributed by atoms with Crippen molar-refractivity contribution >= 4 is 0 Å². The Hall–Kier alpha value is -1.26. The van der Waals surface area contributed by atoms with Gasteiger partial charge in [0.2, 0.25) is 0 Å².